The lowest BCUT2D eigenvalue weighted by atomic mass is 9.99. The van der Waals surface area contributed by atoms with Gasteiger partial charge in [-0.2, -0.15) is 0 Å². The number of carbonyl (C=O) groups excluding carboxylic acids is 1. The van der Waals surface area contributed by atoms with Crippen LogP contribution in [0.4, 0.5) is 0 Å². The van der Waals surface area contributed by atoms with Gasteiger partial charge < -0.3 is 15.4 Å². The van der Waals surface area contributed by atoms with Gasteiger partial charge in [-0.25, -0.2) is 0 Å². The van der Waals surface area contributed by atoms with Gasteiger partial charge in [0, 0.05) is 30.6 Å². The van der Waals surface area contributed by atoms with E-state index in [1.807, 2.05) is 42.5 Å². The molecule has 0 aromatic heterocycles. The van der Waals surface area contributed by atoms with Crippen LogP contribution >= 0.6 is 12.4 Å². The number of para-hydroxylation sites is 1. The van der Waals surface area contributed by atoms with Crippen molar-refractivity contribution in [2.75, 3.05) is 6.61 Å². The summed E-state index contributed by atoms with van der Waals surface area (Å²) in [6.45, 7) is 2.37. The average molecular weight is 331 g/mol. The number of carbonyl (C=O) groups is 1. The number of amides is 1. The number of hydrogen-bond acceptors (Lipinski definition) is 3. The molecule has 0 aliphatic carbocycles. The predicted octanol–water partition coefficient (Wildman–Crippen LogP) is 2.97. The summed E-state index contributed by atoms with van der Waals surface area (Å²) in [6, 6.07) is 13.9. The molecule has 0 spiro atoms. The molecule has 2 aromatic rings. The number of halogens is 1. The van der Waals surface area contributed by atoms with Crippen LogP contribution in [0.15, 0.2) is 42.5 Å². The molecule has 1 unspecified atom stereocenters. The van der Waals surface area contributed by atoms with Crippen molar-refractivity contribution >= 4 is 18.3 Å². The summed E-state index contributed by atoms with van der Waals surface area (Å²) in [5, 5.41) is 6.44. The molecule has 23 heavy (non-hydrogen) atoms. The summed E-state index contributed by atoms with van der Waals surface area (Å²) in [5.41, 5.74) is 4.30. The molecule has 1 atom stereocenters. The molecular formula is C18H19ClN2O2. The second-order valence-electron chi connectivity index (χ2n) is 5.79. The third kappa shape index (κ3) is 3.05. The Balaban J connectivity index is 0.00000156. The van der Waals surface area contributed by atoms with E-state index in [0.717, 1.165) is 36.4 Å². The second-order valence-corrected chi connectivity index (χ2v) is 5.79. The van der Waals surface area contributed by atoms with Gasteiger partial charge in [-0.1, -0.05) is 24.3 Å². The van der Waals surface area contributed by atoms with Gasteiger partial charge in [0.15, 0.2) is 0 Å². The van der Waals surface area contributed by atoms with Crippen LogP contribution in [0.3, 0.4) is 0 Å². The molecule has 2 heterocycles. The smallest absolute Gasteiger partial charge is 0.251 e. The molecule has 0 saturated carbocycles. The molecule has 2 aliphatic heterocycles. The first-order valence-corrected chi connectivity index (χ1v) is 7.66. The maximum Gasteiger partial charge on any atom is 0.251 e. The van der Waals surface area contributed by atoms with E-state index in [-0.39, 0.29) is 24.4 Å². The standard InChI is InChI=1S/C18H18N2O2.ClH/c21-18(12-5-6-13-10-19-11-14(13)9-12)20-16-7-8-22-17-4-2-1-3-15(16)17;/h1-6,9,16,19H,7-8,10-11H2,(H,20,21);1H. The largest absolute Gasteiger partial charge is 0.493 e. The van der Waals surface area contributed by atoms with Crippen LogP contribution in [0.5, 0.6) is 5.75 Å². The van der Waals surface area contributed by atoms with Crippen molar-refractivity contribution in [3.05, 3.63) is 64.7 Å². The highest BCUT2D eigenvalue weighted by Crippen LogP contribution is 2.31. The van der Waals surface area contributed by atoms with E-state index in [2.05, 4.69) is 10.6 Å². The fourth-order valence-corrected chi connectivity index (χ4v) is 3.17. The zero-order valence-corrected chi connectivity index (χ0v) is 13.5. The molecule has 4 nitrogen and oxygen atoms in total. The fourth-order valence-electron chi connectivity index (χ4n) is 3.17. The van der Waals surface area contributed by atoms with Crippen molar-refractivity contribution < 1.29 is 9.53 Å². The van der Waals surface area contributed by atoms with Crippen LogP contribution in [0.2, 0.25) is 0 Å². The first kappa shape index (κ1) is 15.8. The lowest BCUT2D eigenvalue weighted by Gasteiger charge is -2.26. The van der Waals surface area contributed by atoms with E-state index in [1.54, 1.807) is 0 Å². The van der Waals surface area contributed by atoms with Gasteiger partial charge in [0.2, 0.25) is 0 Å². The first-order valence-electron chi connectivity index (χ1n) is 7.66. The van der Waals surface area contributed by atoms with Crippen molar-refractivity contribution in [2.45, 2.75) is 25.6 Å². The number of fused-ring (bicyclic) bond motifs is 2. The van der Waals surface area contributed by atoms with Gasteiger partial charge in [0.1, 0.15) is 5.75 Å². The van der Waals surface area contributed by atoms with Gasteiger partial charge in [-0.05, 0) is 29.3 Å². The summed E-state index contributed by atoms with van der Waals surface area (Å²) in [6.07, 6.45) is 0.801. The Morgan fingerprint density at radius 3 is 2.87 bits per heavy atom. The van der Waals surface area contributed by atoms with Crippen molar-refractivity contribution in [1.82, 2.24) is 10.6 Å². The summed E-state index contributed by atoms with van der Waals surface area (Å²) >= 11 is 0. The fraction of sp³-hybridized carbons (Fsp3) is 0.278. The summed E-state index contributed by atoms with van der Waals surface area (Å²) in [5.74, 6) is 0.855. The molecule has 0 fully saturated rings. The number of nitrogens with one attached hydrogen (secondary N) is 2. The summed E-state index contributed by atoms with van der Waals surface area (Å²) < 4.78 is 5.64. The minimum atomic E-state index is -0.0172. The summed E-state index contributed by atoms with van der Waals surface area (Å²) in [4.78, 5) is 12.6. The molecule has 0 saturated heterocycles. The first-order chi connectivity index (χ1) is 10.8. The molecule has 1 amide bonds. The third-order valence-electron chi connectivity index (χ3n) is 4.36. The molecular weight excluding hydrogens is 312 g/mol. The van der Waals surface area contributed by atoms with Crippen LogP contribution in [-0.2, 0) is 13.1 Å². The molecule has 5 heteroatoms. The molecule has 4 rings (SSSR count). The van der Waals surface area contributed by atoms with Gasteiger partial charge in [0.25, 0.3) is 5.91 Å². The zero-order valence-electron chi connectivity index (χ0n) is 12.7. The maximum absolute atomic E-state index is 12.6. The Morgan fingerprint density at radius 2 is 1.96 bits per heavy atom. The van der Waals surface area contributed by atoms with Gasteiger partial charge in [0.05, 0.1) is 12.6 Å². The highest BCUT2D eigenvalue weighted by atomic mass is 35.5. The lowest BCUT2D eigenvalue weighted by Crippen LogP contribution is -2.32. The molecule has 2 aliphatic rings. The Kier molecular flexibility index (Phi) is 4.55. The molecule has 2 aromatic carbocycles. The number of benzene rings is 2. The number of rotatable bonds is 2. The lowest BCUT2D eigenvalue weighted by molar-refractivity contribution is 0.0924. The maximum atomic E-state index is 12.6. The Labute approximate surface area is 141 Å². The Bertz CT molecular complexity index is 733. The van der Waals surface area contributed by atoms with Crippen LogP contribution in [0.1, 0.15) is 39.5 Å². The van der Waals surface area contributed by atoms with Gasteiger partial charge in [-0.15, -0.1) is 12.4 Å². The molecule has 2 N–H and O–H groups in total. The summed E-state index contributed by atoms with van der Waals surface area (Å²) in [7, 11) is 0. The monoisotopic (exact) mass is 330 g/mol. The quantitative estimate of drug-likeness (QED) is 0.890. The van der Waals surface area contributed by atoms with E-state index in [0.29, 0.717) is 6.61 Å². The molecule has 0 radical (unpaired) electrons. The number of ether oxygens (including phenoxy) is 1. The molecule has 0 bridgehead atoms. The SMILES string of the molecule is Cl.O=C(NC1CCOc2ccccc21)c1ccc2c(c1)CNC2. The second kappa shape index (κ2) is 6.60. The van der Waals surface area contributed by atoms with Crippen LogP contribution in [0.25, 0.3) is 0 Å². The van der Waals surface area contributed by atoms with Crippen LogP contribution < -0.4 is 15.4 Å². The third-order valence-corrected chi connectivity index (χ3v) is 4.36. The zero-order chi connectivity index (χ0) is 14.9. The Hall–Kier alpha value is -2.04. The van der Waals surface area contributed by atoms with E-state index >= 15 is 0 Å². The van der Waals surface area contributed by atoms with Crippen molar-refractivity contribution in [1.29, 1.82) is 0 Å². The highest BCUT2D eigenvalue weighted by molar-refractivity contribution is 5.94. The minimum absolute atomic E-state index is 0. The van der Waals surface area contributed by atoms with E-state index in [1.165, 1.54) is 11.1 Å². The van der Waals surface area contributed by atoms with Crippen molar-refractivity contribution in [3.8, 4) is 5.75 Å². The average Bonchev–Trinajstić information content (AvgIpc) is 3.02. The topological polar surface area (TPSA) is 50.4 Å². The highest BCUT2D eigenvalue weighted by Gasteiger charge is 2.23. The van der Waals surface area contributed by atoms with E-state index in [4.69, 9.17) is 4.74 Å². The van der Waals surface area contributed by atoms with Gasteiger partial charge in [-0.3, -0.25) is 4.79 Å². The number of hydrogen-bond donors (Lipinski definition) is 2. The van der Waals surface area contributed by atoms with Crippen LogP contribution in [0, 0.1) is 0 Å². The molecule has 120 valence electrons. The Morgan fingerprint density at radius 1 is 1.13 bits per heavy atom. The van der Waals surface area contributed by atoms with E-state index in [9.17, 15) is 4.79 Å². The van der Waals surface area contributed by atoms with E-state index < -0.39 is 0 Å². The predicted molar refractivity (Wildman–Crippen MR) is 91.0 cm³/mol. The van der Waals surface area contributed by atoms with Crippen LogP contribution in [-0.4, -0.2) is 12.5 Å². The van der Waals surface area contributed by atoms with Crippen molar-refractivity contribution in [2.24, 2.45) is 0 Å². The minimum Gasteiger partial charge on any atom is -0.493 e. The van der Waals surface area contributed by atoms with Gasteiger partial charge >= 0.3 is 0 Å². The van der Waals surface area contributed by atoms with Crippen molar-refractivity contribution in [3.63, 3.8) is 0 Å². The normalized spacial score (nSPS) is 18.2.